The molecule has 0 unspecified atom stereocenters. The highest BCUT2D eigenvalue weighted by atomic mass is 31.2. The van der Waals surface area contributed by atoms with Crippen molar-refractivity contribution < 1.29 is 8.96 Å². The molecule has 39 heavy (non-hydrogen) atoms. The SMILES string of the molecule is N#C[C@@H](NP1(=O)N(Cc2cccc3ccccc23)CCN1Cc1cccc2ccccc12)c1ccccc1F. The number of fused-ring (bicyclic) bond motifs is 2. The van der Waals surface area contributed by atoms with Crippen LogP contribution in [-0.2, 0) is 17.7 Å². The van der Waals surface area contributed by atoms with Gasteiger partial charge in [-0.1, -0.05) is 103 Å². The van der Waals surface area contributed by atoms with E-state index in [1.165, 1.54) is 6.07 Å². The van der Waals surface area contributed by atoms with Gasteiger partial charge in [0, 0.05) is 31.7 Å². The van der Waals surface area contributed by atoms with Crippen LogP contribution >= 0.6 is 7.59 Å². The summed E-state index contributed by atoms with van der Waals surface area (Å²) in [5.41, 5.74) is 2.31. The fourth-order valence-corrected chi connectivity index (χ4v) is 8.12. The first-order chi connectivity index (χ1) is 19.1. The van der Waals surface area contributed by atoms with Crippen molar-refractivity contribution in [3.05, 3.63) is 132 Å². The lowest BCUT2D eigenvalue weighted by molar-refractivity contribution is 0.415. The Bertz CT molecular complexity index is 1650. The van der Waals surface area contributed by atoms with E-state index in [4.69, 9.17) is 0 Å². The molecular formula is C32H28FN4OP. The van der Waals surface area contributed by atoms with Gasteiger partial charge in [-0.15, -0.1) is 0 Å². The summed E-state index contributed by atoms with van der Waals surface area (Å²) in [5.74, 6) is -0.497. The Morgan fingerprint density at radius 2 is 1.23 bits per heavy atom. The normalized spacial score (nSPS) is 16.4. The minimum absolute atomic E-state index is 0.192. The molecular weight excluding hydrogens is 506 g/mol. The lowest BCUT2D eigenvalue weighted by Crippen LogP contribution is -2.32. The van der Waals surface area contributed by atoms with Crippen molar-refractivity contribution in [2.24, 2.45) is 0 Å². The van der Waals surface area contributed by atoms with E-state index in [0.717, 1.165) is 32.7 Å². The Labute approximate surface area is 227 Å². The highest BCUT2D eigenvalue weighted by molar-refractivity contribution is 7.57. The van der Waals surface area contributed by atoms with Crippen LogP contribution < -0.4 is 5.09 Å². The highest BCUT2D eigenvalue weighted by Gasteiger charge is 2.45. The van der Waals surface area contributed by atoms with Crippen LogP contribution in [0.25, 0.3) is 21.5 Å². The van der Waals surface area contributed by atoms with Crippen molar-refractivity contribution in [2.75, 3.05) is 13.1 Å². The molecule has 0 amide bonds. The molecule has 0 aromatic heterocycles. The van der Waals surface area contributed by atoms with Crippen LogP contribution in [0.1, 0.15) is 22.7 Å². The summed E-state index contributed by atoms with van der Waals surface area (Å²) in [6.07, 6.45) is 0. The zero-order valence-corrected chi connectivity index (χ0v) is 22.3. The number of hydrogen-bond acceptors (Lipinski definition) is 2. The van der Waals surface area contributed by atoms with Gasteiger partial charge in [0.25, 0.3) is 7.59 Å². The van der Waals surface area contributed by atoms with Crippen molar-refractivity contribution in [2.45, 2.75) is 19.1 Å². The van der Waals surface area contributed by atoms with E-state index in [0.29, 0.717) is 26.2 Å². The summed E-state index contributed by atoms with van der Waals surface area (Å²) in [7, 11) is -3.51. The molecule has 1 heterocycles. The standard InChI is InChI=1S/C32H28FN4OP/c33-31-18-6-5-17-30(31)32(21-34)35-39(38)36(22-26-13-7-11-24-9-1-3-15-28(24)26)19-20-37(39)23-27-14-8-12-25-10-2-4-16-29(25)27/h1-18,32H,19-20,22-23H2,(H,35,38)/t32-/m1/s1. The van der Waals surface area contributed by atoms with Crippen LogP contribution in [0.5, 0.6) is 0 Å². The summed E-state index contributed by atoms with van der Waals surface area (Å²) in [6, 6.07) is 35.8. The summed E-state index contributed by atoms with van der Waals surface area (Å²) in [5, 5.41) is 17.7. The maximum atomic E-state index is 15.1. The van der Waals surface area contributed by atoms with E-state index in [9.17, 15) is 9.65 Å². The topological polar surface area (TPSA) is 59.4 Å². The fourth-order valence-electron chi connectivity index (χ4n) is 5.49. The predicted molar refractivity (Wildman–Crippen MR) is 154 cm³/mol. The minimum atomic E-state index is -3.51. The lowest BCUT2D eigenvalue weighted by Gasteiger charge is -2.33. The highest BCUT2D eigenvalue weighted by Crippen LogP contribution is 2.56. The number of nitrogens with zero attached hydrogens (tertiary/aromatic N) is 3. The first-order valence-electron chi connectivity index (χ1n) is 13.0. The molecule has 1 aliphatic rings. The molecule has 0 saturated carbocycles. The van der Waals surface area contributed by atoms with Crippen molar-refractivity contribution in [1.82, 2.24) is 14.4 Å². The Hall–Kier alpha value is -3.85. The summed E-state index contributed by atoms with van der Waals surface area (Å²) < 4.78 is 33.7. The first-order valence-corrected chi connectivity index (χ1v) is 14.6. The van der Waals surface area contributed by atoms with Crippen LogP contribution in [-0.4, -0.2) is 22.4 Å². The zero-order chi connectivity index (χ0) is 26.8. The number of nitriles is 1. The molecule has 5 aromatic carbocycles. The van der Waals surface area contributed by atoms with E-state index in [-0.39, 0.29) is 5.56 Å². The molecule has 0 bridgehead atoms. The molecule has 6 rings (SSSR count). The van der Waals surface area contributed by atoms with Gasteiger partial charge in [-0.05, 0) is 38.7 Å². The Morgan fingerprint density at radius 1 is 0.744 bits per heavy atom. The average molecular weight is 535 g/mol. The Morgan fingerprint density at radius 3 is 1.77 bits per heavy atom. The van der Waals surface area contributed by atoms with Gasteiger partial charge in [0.15, 0.2) is 0 Å². The van der Waals surface area contributed by atoms with E-state index in [1.54, 1.807) is 18.2 Å². The van der Waals surface area contributed by atoms with Gasteiger partial charge < -0.3 is 0 Å². The van der Waals surface area contributed by atoms with Crippen molar-refractivity contribution >= 4 is 29.1 Å². The third-order valence-corrected chi connectivity index (χ3v) is 10.3. The molecule has 194 valence electrons. The summed E-state index contributed by atoms with van der Waals surface area (Å²) in [6.45, 7) is 1.97. The van der Waals surface area contributed by atoms with Crippen LogP contribution in [0.2, 0.25) is 0 Å². The van der Waals surface area contributed by atoms with Gasteiger partial charge in [0.05, 0.1) is 6.07 Å². The minimum Gasteiger partial charge on any atom is -0.270 e. The van der Waals surface area contributed by atoms with E-state index >= 15 is 4.57 Å². The summed E-state index contributed by atoms with van der Waals surface area (Å²) >= 11 is 0. The molecule has 5 nitrogen and oxygen atoms in total. The average Bonchev–Trinajstić information content (AvgIpc) is 3.26. The van der Waals surface area contributed by atoms with E-state index in [2.05, 4.69) is 59.7 Å². The monoisotopic (exact) mass is 534 g/mol. The largest absolute Gasteiger partial charge is 0.286 e. The number of rotatable bonds is 7. The maximum Gasteiger partial charge on any atom is 0.286 e. The molecule has 1 atom stereocenters. The zero-order valence-electron chi connectivity index (χ0n) is 21.4. The van der Waals surface area contributed by atoms with Crippen LogP contribution in [0.15, 0.2) is 109 Å². The van der Waals surface area contributed by atoms with Crippen molar-refractivity contribution in [3.63, 3.8) is 0 Å². The number of hydrogen-bond donors (Lipinski definition) is 1. The molecule has 0 aliphatic carbocycles. The smallest absolute Gasteiger partial charge is 0.270 e. The second-order valence-electron chi connectivity index (χ2n) is 9.81. The van der Waals surface area contributed by atoms with Crippen LogP contribution in [0.4, 0.5) is 4.39 Å². The van der Waals surface area contributed by atoms with Gasteiger partial charge in [0.1, 0.15) is 11.9 Å². The van der Waals surface area contributed by atoms with Gasteiger partial charge >= 0.3 is 0 Å². The second-order valence-corrected chi connectivity index (χ2v) is 12.3. The van der Waals surface area contributed by atoms with E-state index in [1.807, 2.05) is 45.7 Å². The Kier molecular flexibility index (Phi) is 6.99. The number of nitrogens with one attached hydrogen (secondary N) is 1. The summed E-state index contributed by atoms with van der Waals surface area (Å²) in [4.78, 5) is 0. The van der Waals surface area contributed by atoms with E-state index < -0.39 is 19.5 Å². The molecule has 0 spiro atoms. The second kappa shape index (κ2) is 10.7. The van der Waals surface area contributed by atoms with Crippen LogP contribution in [0.3, 0.4) is 0 Å². The molecule has 1 N–H and O–H groups in total. The maximum absolute atomic E-state index is 15.1. The number of halogens is 1. The number of benzene rings is 5. The van der Waals surface area contributed by atoms with Crippen molar-refractivity contribution in [3.8, 4) is 6.07 Å². The van der Waals surface area contributed by atoms with Gasteiger partial charge in [-0.3, -0.25) is 4.57 Å². The fraction of sp³-hybridized carbons (Fsp3) is 0.156. The van der Waals surface area contributed by atoms with Gasteiger partial charge in [-0.25, -0.2) is 18.8 Å². The van der Waals surface area contributed by atoms with Crippen molar-refractivity contribution in [1.29, 1.82) is 5.26 Å². The van der Waals surface area contributed by atoms with Gasteiger partial charge in [-0.2, -0.15) is 5.26 Å². The first kappa shape index (κ1) is 25.4. The molecule has 1 saturated heterocycles. The van der Waals surface area contributed by atoms with Crippen LogP contribution in [0, 0.1) is 17.1 Å². The predicted octanol–water partition coefficient (Wildman–Crippen LogP) is 7.41. The molecule has 0 radical (unpaired) electrons. The van der Waals surface area contributed by atoms with Gasteiger partial charge in [0.2, 0.25) is 0 Å². The molecule has 1 fully saturated rings. The third kappa shape index (κ3) is 4.87. The molecule has 7 heteroatoms. The molecule has 1 aliphatic heterocycles. The Balaban J connectivity index is 1.39. The lowest BCUT2D eigenvalue weighted by atomic mass is 10.0. The molecule has 5 aromatic rings. The quantitative estimate of drug-likeness (QED) is 0.220. The third-order valence-electron chi connectivity index (χ3n) is 7.49.